The first-order valence-electron chi connectivity index (χ1n) is 15.1. The fourth-order valence-corrected chi connectivity index (χ4v) is 11.3. The number of carbonyl (C=O) groups is 2. The van der Waals surface area contributed by atoms with E-state index in [0.29, 0.717) is 43.3 Å². The van der Waals surface area contributed by atoms with Crippen LogP contribution in [0.1, 0.15) is 88.2 Å². The third kappa shape index (κ3) is 3.90. The van der Waals surface area contributed by atoms with Gasteiger partial charge in [0.05, 0.1) is 6.54 Å². The molecular formula is C31H42N4O3. The van der Waals surface area contributed by atoms with E-state index in [4.69, 9.17) is 10.5 Å². The van der Waals surface area contributed by atoms with Crippen molar-refractivity contribution in [2.45, 2.75) is 112 Å². The van der Waals surface area contributed by atoms with Gasteiger partial charge in [0.1, 0.15) is 5.60 Å². The van der Waals surface area contributed by atoms with Crippen LogP contribution in [0.15, 0.2) is 24.3 Å². The van der Waals surface area contributed by atoms with Crippen LogP contribution in [0.2, 0.25) is 0 Å². The standard InChI is InChI=1S/C31H42N4O3/c32-28-7-20-5-21(8-28)12-30(11-20,18-28)34-27(37)38-31-13-22-6-23(14-31)10-29(9-22,19-31)33-15-26(36)35-16-24-3-1-2-4-25(24)17-35/h1-4,20-23,33H,5-19,32H2,(H,34,37). The van der Waals surface area contributed by atoms with Crippen LogP contribution in [0.4, 0.5) is 4.79 Å². The summed E-state index contributed by atoms with van der Waals surface area (Å²) >= 11 is 0. The molecule has 1 aliphatic heterocycles. The Kier molecular flexibility index (Phi) is 4.98. The van der Waals surface area contributed by atoms with Gasteiger partial charge in [-0.3, -0.25) is 4.79 Å². The summed E-state index contributed by atoms with van der Waals surface area (Å²) in [6.45, 7) is 1.77. The second-order valence-electron chi connectivity index (χ2n) is 14.9. The van der Waals surface area contributed by atoms with Crippen LogP contribution in [0.25, 0.3) is 0 Å². The molecule has 8 bridgehead atoms. The monoisotopic (exact) mass is 518 g/mol. The zero-order valence-corrected chi connectivity index (χ0v) is 22.5. The zero-order chi connectivity index (χ0) is 25.8. The summed E-state index contributed by atoms with van der Waals surface area (Å²) in [6, 6.07) is 8.34. The van der Waals surface area contributed by atoms with Crippen LogP contribution >= 0.6 is 0 Å². The minimum Gasteiger partial charge on any atom is -0.443 e. The molecule has 0 saturated heterocycles. The van der Waals surface area contributed by atoms with Crippen molar-refractivity contribution in [1.29, 1.82) is 0 Å². The van der Waals surface area contributed by atoms with Gasteiger partial charge < -0.3 is 26.0 Å². The van der Waals surface area contributed by atoms with Crippen molar-refractivity contribution in [3.05, 3.63) is 35.4 Å². The third-order valence-electron chi connectivity index (χ3n) is 11.6. The minimum absolute atomic E-state index is 0.102. The lowest BCUT2D eigenvalue weighted by Gasteiger charge is -2.62. The summed E-state index contributed by atoms with van der Waals surface area (Å²) in [7, 11) is 0. The van der Waals surface area contributed by atoms with Crippen LogP contribution in [-0.4, -0.2) is 45.7 Å². The lowest BCUT2D eigenvalue weighted by atomic mass is 9.50. The van der Waals surface area contributed by atoms with Crippen LogP contribution in [-0.2, 0) is 22.6 Å². The molecule has 10 rings (SSSR count). The van der Waals surface area contributed by atoms with E-state index in [1.165, 1.54) is 24.0 Å². The van der Waals surface area contributed by atoms with Crippen molar-refractivity contribution in [2.75, 3.05) is 6.54 Å². The van der Waals surface area contributed by atoms with Crippen molar-refractivity contribution in [1.82, 2.24) is 15.5 Å². The summed E-state index contributed by atoms with van der Waals surface area (Å²) in [4.78, 5) is 28.7. The number of fused-ring (bicyclic) bond motifs is 1. The predicted molar refractivity (Wildman–Crippen MR) is 143 cm³/mol. The number of rotatable bonds is 5. The van der Waals surface area contributed by atoms with Crippen molar-refractivity contribution in [3.63, 3.8) is 0 Å². The molecule has 0 spiro atoms. The highest BCUT2D eigenvalue weighted by Crippen LogP contribution is 2.60. The lowest BCUT2D eigenvalue weighted by molar-refractivity contribution is -0.150. The van der Waals surface area contributed by atoms with Gasteiger partial charge in [-0.05, 0) is 105 Å². The normalized spacial score (nSPS) is 45.3. The molecule has 8 fully saturated rings. The second-order valence-corrected chi connectivity index (χ2v) is 14.9. The molecule has 0 aromatic heterocycles. The maximum absolute atomic E-state index is 13.5. The number of nitrogens with zero attached hydrogens (tertiary/aromatic N) is 1. The molecule has 4 N–H and O–H groups in total. The molecule has 0 radical (unpaired) electrons. The smallest absolute Gasteiger partial charge is 0.408 e. The second kappa shape index (κ2) is 7.97. The molecule has 1 heterocycles. The van der Waals surface area contributed by atoms with Gasteiger partial charge in [0.25, 0.3) is 0 Å². The van der Waals surface area contributed by atoms with E-state index in [-0.39, 0.29) is 28.6 Å². The van der Waals surface area contributed by atoms with Gasteiger partial charge in [-0.15, -0.1) is 0 Å². The van der Waals surface area contributed by atoms with Crippen LogP contribution in [0.3, 0.4) is 0 Å². The van der Waals surface area contributed by atoms with E-state index in [9.17, 15) is 9.59 Å². The Bertz CT molecular complexity index is 1130. The van der Waals surface area contributed by atoms with E-state index >= 15 is 0 Å². The zero-order valence-electron chi connectivity index (χ0n) is 22.5. The average Bonchev–Trinajstić information content (AvgIpc) is 3.24. The van der Waals surface area contributed by atoms with Crippen molar-refractivity contribution < 1.29 is 14.3 Å². The number of benzene rings is 1. The Labute approximate surface area is 225 Å². The molecule has 7 heteroatoms. The Morgan fingerprint density at radius 1 is 0.842 bits per heavy atom. The van der Waals surface area contributed by atoms with E-state index in [2.05, 4.69) is 22.8 Å². The highest BCUT2D eigenvalue weighted by atomic mass is 16.6. The van der Waals surface area contributed by atoms with E-state index < -0.39 is 5.60 Å². The summed E-state index contributed by atoms with van der Waals surface area (Å²) in [5.41, 5.74) is 8.52. The minimum atomic E-state index is -0.406. The summed E-state index contributed by atoms with van der Waals surface area (Å²) in [5, 5.41) is 7.15. The largest absolute Gasteiger partial charge is 0.443 e. The number of amides is 2. The highest BCUT2D eigenvalue weighted by molar-refractivity contribution is 5.79. The number of hydrogen-bond donors (Lipinski definition) is 3. The van der Waals surface area contributed by atoms with Gasteiger partial charge in [0, 0.05) is 36.1 Å². The van der Waals surface area contributed by atoms with Gasteiger partial charge >= 0.3 is 6.09 Å². The molecular weight excluding hydrogens is 476 g/mol. The topological polar surface area (TPSA) is 96.7 Å². The number of nitrogens with one attached hydrogen (secondary N) is 2. The van der Waals surface area contributed by atoms with Crippen LogP contribution in [0, 0.1) is 23.7 Å². The van der Waals surface area contributed by atoms with Crippen LogP contribution in [0.5, 0.6) is 0 Å². The summed E-state index contributed by atoms with van der Waals surface area (Å²) < 4.78 is 6.47. The fraction of sp³-hybridized carbons (Fsp3) is 0.742. The van der Waals surface area contributed by atoms with Gasteiger partial charge in [-0.25, -0.2) is 4.79 Å². The van der Waals surface area contributed by atoms with Crippen molar-refractivity contribution >= 4 is 12.0 Å². The van der Waals surface area contributed by atoms with Crippen molar-refractivity contribution in [3.8, 4) is 0 Å². The molecule has 7 nitrogen and oxygen atoms in total. The molecule has 8 saturated carbocycles. The first-order valence-corrected chi connectivity index (χ1v) is 15.1. The average molecular weight is 519 g/mol. The fourth-order valence-electron chi connectivity index (χ4n) is 11.3. The Morgan fingerprint density at radius 2 is 1.42 bits per heavy atom. The summed E-state index contributed by atoms with van der Waals surface area (Å²) in [5.74, 6) is 2.59. The van der Waals surface area contributed by atoms with Gasteiger partial charge in [-0.2, -0.15) is 0 Å². The molecule has 204 valence electrons. The van der Waals surface area contributed by atoms with E-state index in [0.717, 1.165) is 64.2 Å². The number of nitrogens with two attached hydrogens (primary N) is 1. The summed E-state index contributed by atoms with van der Waals surface area (Å²) in [6.07, 6.45) is 12.5. The molecule has 38 heavy (non-hydrogen) atoms. The third-order valence-corrected chi connectivity index (χ3v) is 11.6. The Balaban J connectivity index is 0.937. The highest BCUT2D eigenvalue weighted by Gasteiger charge is 2.61. The maximum Gasteiger partial charge on any atom is 0.408 e. The quantitative estimate of drug-likeness (QED) is 0.548. The molecule has 1 aromatic carbocycles. The number of ether oxygens (including phenoxy) is 1. The van der Waals surface area contributed by atoms with Gasteiger partial charge in [-0.1, -0.05) is 24.3 Å². The van der Waals surface area contributed by atoms with E-state index in [1.54, 1.807) is 0 Å². The molecule has 4 atom stereocenters. The predicted octanol–water partition coefficient (Wildman–Crippen LogP) is 3.99. The maximum atomic E-state index is 13.5. The van der Waals surface area contributed by atoms with Gasteiger partial charge in [0.2, 0.25) is 5.91 Å². The molecule has 1 aromatic rings. The Morgan fingerprint density at radius 3 is 2.03 bits per heavy atom. The molecule has 4 unspecified atom stereocenters. The number of carbonyl (C=O) groups excluding carboxylic acids is 2. The van der Waals surface area contributed by atoms with E-state index in [1.807, 2.05) is 17.0 Å². The first-order chi connectivity index (χ1) is 18.2. The molecule has 9 aliphatic rings. The first kappa shape index (κ1) is 23.7. The lowest BCUT2D eigenvalue weighted by Crippen LogP contribution is -2.69. The SMILES string of the molecule is NC12CC3CC(C1)CC(NC(=O)OC14CC5CC(CC(NCC(=O)N6Cc7ccccc7C6)(C5)C1)C4)(C3)C2. The molecule has 8 aliphatic carbocycles. The number of alkyl carbamates (subject to hydrolysis) is 1. The number of hydrogen-bond acceptors (Lipinski definition) is 5. The molecule has 2 amide bonds. The van der Waals surface area contributed by atoms with Gasteiger partial charge in [0.15, 0.2) is 0 Å². The van der Waals surface area contributed by atoms with Crippen molar-refractivity contribution in [2.24, 2.45) is 29.4 Å². The Hall–Kier alpha value is -2.12. The van der Waals surface area contributed by atoms with Crippen LogP contribution < -0.4 is 16.4 Å².